The lowest BCUT2D eigenvalue weighted by atomic mass is 10.2. The predicted molar refractivity (Wildman–Crippen MR) is 94.3 cm³/mol. The van der Waals surface area contributed by atoms with Gasteiger partial charge in [0.05, 0.1) is 5.56 Å². The first-order valence-electron chi connectivity index (χ1n) is 8.66. The summed E-state index contributed by atoms with van der Waals surface area (Å²) in [5.41, 5.74) is 2.04. The molecule has 0 unspecified atom stereocenters. The Balaban J connectivity index is 1.68. The molecule has 2 aromatic rings. The highest BCUT2D eigenvalue weighted by atomic mass is 16.2. The zero-order valence-corrected chi connectivity index (χ0v) is 14.4. The van der Waals surface area contributed by atoms with Gasteiger partial charge in [-0.05, 0) is 31.0 Å². The molecule has 0 bridgehead atoms. The van der Waals surface area contributed by atoms with Crippen LogP contribution in [0.5, 0.6) is 0 Å². The lowest BCUT2D eigenvalue weighted by Gasteiger charge is -2.23. The normalized spacial score (nSPS) is 14.9. The molecule has 1 aliphatic rings. The van der Waals surface area contributed by atoms with E-state index in [0.29, 0.717) is 36.7 Å². The van der Waals surface area contributed by atoms with Gasteiger partial charge in [-0.25, -0.2) is 4.98 Å². The number of carbonyl (C=O) groups excluding carboxylic acids is 1. The summed E-state index contributed by atoms with van der Waals surface area (Å²) in [5, 5.41) is 16.4. The molecular weight excluding hydrogens is 316 g/mol. The third-order valence-electron chi connectivity index (χ3n) is 4.36. The SMILES string of the molecule is CCCc1cc(C(=O)N2CCCN(c3ncccc3C#N)CC2)n[nH]1. The summed E-state index contributed by atoms with van der Waals surface area (Å²) in [6, 6.07) is 7.58. The van der Waals surface area contributed by atoms with Crippen LogP contribution in [-0.2, 0) is 6.42 Å². The maximum absolute atomic E-state index is 12.7. The second kappa shape index (κ2) is 7.79. The van der Waals surface area contributed by atoms with Gasteiger partial charge in [0.2, 0.25) is 0 Å². The maximum Gasteiger partial charge on any atom is 0.274 e. The van der Waals surface area contributed by atoms with Crippen LogP contribution >= 0.6 is 0 Å². The van der Waals surface area contributed by atoms with Crippen molar-refractivity contribution in [3.05, 3.63) is 41.3 Å². The van der Waals surface area contributed by atoms with Gasteiger partial charge in [-0.15, -0.1) is 0 Å². The van der Waals surface area contributed by atoms with Gasteiger partial charge < -0.3 is 9.80 Å². The molecule has 0 radical (unpaired) electrons. The molecule has 1 amide bonds. The van der Waals surface area contributed by atoms with Crippen molar-refractivity contribution in [3.8, 4) is 6.07 Å². The Labute approximate surface area is 147 Å². The summed E-state index contributed by atoms with van der Waals surface area (Å²) in [6.07, 6.45) is 4.44. The molecule has 2 aromatic heterocycles. The van der Waals surface area contributed by atoms with E-state index in [4.69, 9.17) is 0 Å². The molecule has 1 aliphatic heterocycles. The molecule has 1 N–H and O–H groups in total. The fourth-order valence-corrected chi connectivity index (χ4v) is 3.10. The molecule has 130 valence electrons. The number of rotatable bonds is 4. The molecule has 7 nitrogen and oxygen atoms in total. The molecular formula is C18H22N6O. The summed E-state index contributed by atoms with van der Waals surface area (Å²) >= 11 is 0. The van der Waals surface area contributed by atoms with Gasteiger partial charge in [0.1, 0.15) is 17.6 Å². The third kappa shape index (κ3) is 3.79. The number of pyridine rings is 1. The first kappa shape index (κ1) is 17.0. The Bertz CT molecular complexity index is 778. The number of amides is 1. The van der Waals surface area contributed by atoms with Crippen molar-refractivity contribution in [2.45, 2.75) is 26.2 Å². The first-order chi connectivity index (χ1) is 12.2. The second-order valence-electron chi connectivity index (χ2n) is 6.15. The largest absolute Gasteiger partial charge is 0.354 e. The summed E-state index contributed by atoms with van der Waals surface area (Å²) in [7, 11) is 0. The Kier molecular flexibility index (Phi) is 5.29. The number of hydrogen-bond acceptors (Lipinski definition) is 5. The fraction of sp³-hybridized carbons (Fsp3) is 0.444. The van der Waals surface area contributed by atoms with Gasteiger partial charge >= 0.3 is 0 Å². The molecule has 3 rings (SSSR count). The van der Waals surface area contributed by atoms with E-state index in [1.807, 2.05) is 11.0 Å². The van der Waals surface area contributed by atoms with Crippen LogP contribution in [0.1, 0.15) is 41.5 Å². The molecule has 1 fully saturated rings. The van der Waals surface area contributed by atoms with Gasteiger partial charge in [0, 0.05) is 38.1 Å². The van der Waals surface area contributed by atoms with E-state index in [9.17, 15) is 10.1 Å². The minimum Gasteiger partial charge on any atom is -0.354 e. The second-order valence-corrected chi connectivity index (χ2v) is 6.15. The molecule has 0 spiro atoms. The Morgan fingerprint density at radius 2 is 2.24 bits per heavy atom. The lowest BCUT2D eigenvalue weighted by molar-refractivity contribution is 0.0761. The van der Waals surface area contributed by atoms with Crippen LogP contribution in [0.3, 0.4) is 0 Å². The maximum atomic E-state index is 12.7. The average Bonchev–Trinajstić information content (AvgIpc) is 2.97. The van der Waals surface area contributed by atoms with Crippen molar-refractivity contribution in [3.63, 3.8) is 0 Å². The molecule has 25 heavy (non-hydrogen) atoms. The topological polar surface area (TPSA) is 88.9 Å². The van der Waals surface area contributed by atoms with Gasteiger partial charge in [-0.3, -0.25) is 9.89 Å². The van der Waals surface area contributed by atoms with E-state index in [1.54, 1.807) is 18.3 Å². The summed E-state index contributed by atoms with van der Waals surface area (Å²) in [6.45, 7) is 4.80. The summed E-state index contributed by atoms with van der Waals surface area (Å²) in [5.74, 6) is 0.659. The first-order valence-corrected chi connectivity index (χ1v) is 8.66. The number of H-pyrrole nitrogens is 1. The van der Waals surface area contributed by atoms with E-state index in [2.05, 4.69) is 33.1 Å². The minimum atomic E-state index is -0.0398. The standard InChI is InChI=1S/C18H22N6O/c1-2-5-15-12-16(22-21-15)18(25)24-9-4-8-23(10-11-24)17-14(13-19)6-3-7-20-17/h3,6-7,12H,2,4-5,8-11H2,1H3,(H,21,22). The zero-order valence-electron chi connectivity index (χ0n) is 14.4. The molecule has 0 atom stereocenters. The number of nitrogens with zero attached hydrogens (tertiary/aromatic N) is 5. The number of aromatic amines is 1. The van der Waals surface area contributed by atoms with Crippen molar-refractivity contribution >= 4 is 11.7 Å². The number of nitriles is 1. The Hall–Kier alpha value is -2.88. The van der Waals surface area contributed by atoms with E-state index >= 15 is 0 Å². The zero-order chi connectivity index (χ0) is 17.6. The van der Waals surface area contributed by atoms with E-state index < -0.39 is 0 Å². The fourth-order valence-electron chi connectivity index (χ4n) is 3.10. The molecule has 3 heterocycles. The van der Waals surface area contributed by atoms with Crippen LogP contribution in [0, 0.1) is 11.3 Å². The van der Waals surface area contributed by atoms with Gasteiger partial charge in [-0.2, -0.15) is 10.4 Å². The monoisotopic (exact) mass is 338 g/mol. The van der Waals surface area contributed by atoms with Crippen LogP contribution in [0.15, 0.2) is 24.4 Å². The number of anilines is 1. The van der Waals surface area contributed by atoms with Crippen molar-refractivity contribution in [1.82, 2.24) is 20.1 Å². The molecule has 0 aliphatic carbocycles. The van der Waals surface area contributed by atoms with Crippen LogP contribution in [0.25, 0.3) is 0 Å². The predicted octanol–water partition coefficient (Wildman–Crippen LogP) is 1.98. The van der Waals surface area contributed by atoms with E-state index in [-0.39, 0.29) is 5.91 Å². The molecule has 0 saturated carbocycles. The number of carbonyl (C=O) groups is 1. The van der Waals surface area contributed by atoms with Gasteiger partial charge in [0.25, 0.3) is 5.91 Å². The molecule has 7 heteroatoms. The average molecular weight is 338 g/mol. The third-order valence-corrected chi connectivity index (χ3v) is 4.36. The van der Waals surface area contributed by atoms with E-state index in [1.165, 1.54) is 0 Å². The summed E-state index contributed by atoms with van der Waals surface area (Å²) < 4.78 is 0. The van der Waals surface area contributed by atoms with Crippen molar-refractivity contribution in [2.75, 3.05) is 31.1 Å². The number of hydrogen-bond donors (Lipinski definition) is 1. The minimum absolute atomic E-state index is 0.0398. The van der Waals surface area contributed by atoms with Crippen LogP contribution in [-0.4, -0.2) is 52.2 Å². The van der Waals surface area contributed by atoms with Crippen molar-refractivity contribution < 1.29 is 4.79 Å². The van der Waals surface area contributed by atoms with Crippen molar-refractivity contribution in [2.24, 2.45) is 0 Å². The number of aromatic nitrogens is 3. The lowest BCUT2D eigenvalue weighted by Crippen LogP contribution is -2.35. The van der Waals surface area contributed by atoms with Gasteiger partial charge in [-0.1, -0.05) is 13.3 Å². The number of nitrogens with one attached hydrogen (secondary N) is 1. The van der Waals surface area contributed by atoms with Crippen LogP contribution in [0.2, 0.25) is 0 Å². The molecule has 0 aromatic carbocycles. The van der Waals surface area contributed by atoms with Gasteiger partial charge in [0.15, 0.2) is 0 Å². The highest BCUT2D eigenvalue weighted by molar-refractivity contribution is 5.92. The smallest absolute Gasteiger partial charge is 0.274 e. The summed E-state index contributed by atoms with van der Waals surface area (Å²) in [4.78, 5) is 21.0. The quantitative estimate of drug-likeness (QED) is 0.921. The van der Waals surface area contributed by atoms with E-state index in [0.717, 1.165) is 31.5 Å². The van der Waals surface area contributed by atoms with Crippen LogP contribution < -0.4 is 4.90 Å². The Morgan fingerprint density at radius 3 is 3.04 bits per heavy atom. The van der Waals surface area contributed by atoms with Crippen LogP contribution in [0.4, 0.5) is 5.82 Å². The highest BCUT2D eigenvalue weighted by Gasteiger charge is 2.23. The Morgan fingerprint density at radius 1 is 1.36 bits per heavy atom. The molecule has 1 saturated heterocycles. The highest BCUT2D eigenvalue weighted by Crippen LogP contribution is 2.19. The van der Waals surface area contributed by atoms with Crippen molar-refractivity contribution in [1.29, 1.82) is 5.26 Å². The number of aryl methyl sites for hydroxylation is 1.